The number of hydrogen-bond donors (Lipinski definition) is 1. The molecule has 0 bridgehead atoms. The number of benzene rings is 1. The number of fused-ring (bicyclic) bond motifs is 1. The highest BCUT2D eigenvalue weighted by atomic mass is 35.5. The molecule has 1 heterocycles. The third-order valence-corrected chi connectivity index (χ3v) is 4.64. The lowest BCUT2D eigenvalue weighted by atomic mass is 10.2. The highest BCUT2D eigenvalue weighted by molar-refractivity contribution is 6.39. The molecule has 0 unspecified atom stereocenters. The average molecular weight is 353 g/mol. The molecule has 0 spiro atoms. The Balaban J connectivity index is 1.79. The monoisotopic (exact) mass is 352 g/mol. The number of ether oxygens (including phenoxy) is 1. The number of hydrogen-bond acceptors (Lipinski definition) is 3. The Bertz CT molecular complexity index is 760. The van der Waals surface area contributed by atoms with Gasteiger partial charge in [0.25, 0.3) is 5.91 Å². The molecule has 1 aliphatic rings. The third-order valence-electron chi connectivity index (χ3n) is 4.04. The largest absolute Gasteiger partial charge is 0.480 e. The lowest BCUT2D eigenvalue weighted by Gasteiger charge is -2.15. The Morgan fingerprint density at radius 1 is 1.39 bits per heavy atom. The van der Waals surface area contributed by atoms with Gasteiger partial charge in [0.05, 0.1) is 10.0 Å². The second-order valence-electron chi connectivity index (χ2n) is 6.00. The summed E-state index contributed by atoms with van der Waals surface area (Å²) in [5.41, 5.74) is 1.40. The first-order valence-electron chi connectivity index (χ1n) is 7.63. The van der Waals surface area contributed by atoms with Crippen molar-refractivity contribution in [3.05, 3.63) is 33.9 Å². The summed E-state index contributed by atoms with van der Waals surface area (Å²) in [6.07, 6.45) is 2.36. The molecule has 23 heavy (non-hydrogen) atoms. The summed E-state index contributed by atoms with van der Waals surface area (Å²) in [6, 6.07) is 5.54. The second kappa shape index (κ2) is 6.54. The van der Waals surface area contributed by atoms with Crippen molar-refractivity contribution in [3.8, 4) is 5.75 Å². The molecule has 0 saturated heterocycles. The van der Waals surface area contributed by atoms with Crippen LogP contribution >= 0.6 is 23.2 Å². The number of carbonyl (C=O) groups excluding carboxylic acids is 1. The van der Waals surface area contributed by atoms with Gasteiger partial charge in [-0.3, -0.25) is 4.79 Å². The lowest BCUT2D eigenvalue weighted by molar-refractivity contribution is -0.123. The van der Waals surface area contributed by atoms with Crippen molar-refractivity contribution >= 4 is 40.0 Å². The Kier molecular flexibility index (Phi) is 4.64. The molecule has 1 aromatic carbocycles. The number of rotatable bonds is 5. The minimum atomic E-state index is -0.156. The maximum atomic E-state index is 12.0. The van der Waals surface area contributed by atoms with Crippen molar-refractivity contribution in [1.82, 2.24) is 10.3 Å². The Morgan fingerprint density at radius 3 is 2.83 bits per heavy atom. The normalized spacial score (nSPS) is 15.5. The fraction of sp³-hybridized carbons (Fsp3) is 0.412. The van der Waals surface area contributed by atoms with Gasteiger partial charge in [-0.25, -0.2) is 4.98 Å². The topological polar surface area (TPSA) is 51.2 Å². The standard InChI is InChI=1S/C17H18Cl2N2O2/c1-9-3-6-12-13(18)7-14(19)17(16(12)20-9)23-8-15(22)21-10(2)11-4-5-11/h3,6-7,10-11H,4-5,8H2,1-2H3,(H,21,22)/t10-/m0/s1. The number of halogens is 2. The fourth-order valence-corrected chi connectivity index (χ4v) is 3.15. The maximum absolute atomic E-state index is 12.0. The van der Waals surface area contributed by atoms with Crippen LogP contribution in [0.1, 0.15) is 25.5 Å². The SMILES string of the molecule is Cc1ccc2c(Cl)cc(Cl)c(OCC(=O)N[C@@H](C)C3CC3)c2n1. The Hall–Kier alpha value is -1.52. The van der Waals surface area contributed by atoms with E-state index < -0.39 is 0 Å². The van der Waals surface area contributed by atoms with Gasteiger partial charge in [0, 0.05) is 17.1 Å². The van der Waals surface area contributed by atoms with Crippen LogP contribution in [0.4, 0.5) is 0 Å². The predicted molar refractivity (Wildman–Crippen MR) is 92.3 cm³/mol. The molecule has 3 rings (SSSR count). The molecule has 1 aromatic heterocycles. The van der Waals surface area contributed by atoms with Crippen LogP contribution in [0.25, 0.3) is 10.9 Å². The van der Waals surface area contributed by atoms with Gasteiger partial charge in [0.1, 0.15) is 5.52 Å². The van der Waals surface area contributed by atoms with Crippen molar-refractivity contribution < 1.29 is 9.53 Å². The molecule has 122 valence electrons. The van der Waals surface area contributed by atoms with Gasteiger partial charge in [-0.2, -0.15) is 0 Å². The molecule has 1 amide bonds. The van der Waals surface area contributed by atoms with Gasteiger partial charge in [0.15, 0.2) is 12.4 Å². The van der Waals surface area contributed by atoms with Gasteiger partial charge in [0.2, 0.25) is 0 Å². The van der Waals surface area contributed by atoms with Gasteiger partial charge >= 0.3 is 0 Å². The summed E-state index contributed by atoms with van der Waals surface area (Å²) in [5, 5.41) is 4.56. The molecule has 1 fully saturated rings. The molecule has 1 saturated carbocycles. The van der Waals surface area contributed by atoms with Crippen LogP contribution in [-0.2, 0) is 4.79 Å². The van der Waals surface area contributed by atoms with Crippen molar-refractivity contribution in [3.63, 3.8) is 0 Å². The van der Waals surface area contributed by atoms with E-state index in [1.165, 1.54) is 12.8 Å². The average Bonchev–Trinajstić information content (AvgIpc) is 3.31. The second-order valence-corrected chi connectivity index (χ2v) is 6.81. The smallest absolute Gasteiger partial charge is 0.258 e. The fourth-order valence-electron chi connectivity index (χ4n) is 2.57. The van der Waals surface area contributed by atoms with E-state index in [0.717, 1.165) is 11.1 Å². The molecule has 1 aliphatic carbocycles. The molecule has 1 N–H and O–H groups in total. The highest BCUT2D eigenvalue weighted by Gasteiger charge is 2.29. The molecule has 6 heteroatoms. The maximum Gasteiger partial charge on any atom is 0.258 e. The van der Waals surface area contributed by atoms with Crippen LogP contribution < -0.4 is 10.1 Å². The third kappa shape index (κ3) is 3.70. The quantitative estimate of drug-likeness (QED) is 0.879. The zero-order chi connectivity index (χ0) is 16.6. The zero-order valence-corrected chi connectivity index (χ0v) is 14.5. The van der Waals surface area contributed by atoms with E-state index in [1.54, 1.807) is 6.07 Å². The van der Waals surface area contributed by atoms with E-state index >= 15 is 0 Å². The van der Waals surface area contributed by atoms with E-state index in [4.69, 9.17) is 27.9 Å². The Labute approximate surface area is 145 Å². The molecular formula is C17H18Cl2N2O2. The minimum absolute atomic E-state index is 0.0941. The number of nitrogens with zero attached hydrogens (tertiary/aromatic N) is 1. The summed E-state index contributed by atoms with van der Waals surface area (Å²) in [7, 11) is 0. The number of aromatic nitrogens is 1. The number of amides is 1. The van der Waals surface area contributed by atoms with Crippen molar-refractivity contribution in [2.75, 3.05) is 6.61 Å². The van der Waals surface area contributed by atoms with E-state index in [-0.39, 0.29) is 18.6 Å². The van der Waals surface area contributed by atoms with Gasteiger partial charge in [-0.1, -0.05) is 23.2 Å². The van der Waals surface area contributed by atoms with Crippen LogP contribution in [0.5, 0.6) is 5.75 Å². The van der Waals surface area contributed by atoms with Gasteiger partial charge in [-0.15, -0.1) is 0 Å². The zero-order valence-electron chi connectivity index (χ0n) is 13.0. The lowest BCUT2D eigenvalue weighted by Crippen LogP contribution is -2.37. The summed E-state index contributed by atoms with van der Waals surface area (Å²) < 4.78 is 5.66. The van der Waals surface area contributed by atoms with Crippen LogP contribution in [0.15, 0.2) is 18.2 Å². The number of nitrogens with one attached hydrogen (secondary N) is 1. The van der Waals surface area contributed by atoms with Crippen molar-refractivity contribution in [2.45, 2.75) is 32.7 Å². The van der Waals surface area contributed by atoms with Crippen molar-refractivity contribution in [1.29, 1.82) is 0 Å². The summed E-state index contributed by atoms with van der Waals surface area (Å²) in [4.78, 5) is 16.5. The van der Waals surface area contributed by atoms with Crippen molar-refractivity contribution in [2.24, 2.45) is 5.92 Å². The minimum Gasteiger partial charge on any atom is -0.480 e. The first-order valence-corrected chi connectivity index (χ1v) is 8.39. The molecule has 0 aliphatic heterocycles. The van der Waals surface area contributed by atoms with E-state index in [9.17, 15) is 4.79 Å². The predicted octanol–water partition coefficient (Wildman–Crippen LogP) is 4.14. The molecule has 0 radical (unpaired) electrons. The summed E-state index contributed by atoms with van der Waals surface area (Å²) in [5.74, 6) is 0.837. The van der Waals surface area contributed by atoms with E-state index in [1.807, 2.05) is 26.0 Å². The van der Waals surface area contributed by atoms with Crippen LogP contribution in [-0.4, -0.2) is 23.5 Å². The molecule has 1 atom stereocenters. The van der Waals surface area contributed by atoms with Gasteiger partial charge < -0.3 is 10.1 Å². The molecule has 2 aromatic rings. The summed E-state index contributed by atoms with van der Waals surface area (Å²) >= 11 is 12.4. The number of carbonyl (C=O) groups is 1. The first kappa shape index (κ1) is 16.3. The summed E-state index contributed by atoms with van der Waals surface area (Å²) in [6.45, 7) is 3.80. The number of aryl methyl sites for hydroxylation is 1. The first-order chi connectivity index (χ1) is 11.0. The van der Waals surface area contributed by atoms with Crippen LogP contribution in [0, 0.1) is 12.8 Å². The van der Waals surface area contributed by atoms with E-state index in [2.05, 4.69) is 10.3 Å². The number of pyridine rings is 1. The van der Waals surface area contributed by atoms with E-state index in [0.29, 0.717) is 27.2 Å². The highest BCUT2D eigenvalue weighted by Crippen LogP contribution is 2.37. The van der Waals surface area contributed by atoms with Gasteiger partial charge in [-0.05, 0) is 50.8 Å². The molecule has 4 nitrogen and oxygen atoms in total. The van der Waals surface area contributed by atoms with Crippen LogP contribution in [0.3, 0.4) is 0 Å². The van der Waals surface area contributed by atoms with Crippen LogP contribution in [0.2, 0.25) is 10.0 Å². The Morgan fingerprint density at radius 2 is 2.13 bits per heavy atom. The molecular weight excluding hydrogens is 335 g/mol.